The quantitative estimate of drug-likeness (QED) is 0.388. The topological polar surface area (TPSA) is 170 Å². The molecular formula is C23H25F2N7O4. The Balaban J connectivity index is 1.67. The Morgan fingerprint density at radius 2 is 1.92 bits per heavy atom. The fourth-order valence-electron chi connectivity index (χ4n) is 3.76. The number of halogens is 2. The zero-order valence-corrected chi connectivity index (χ0v) is 19.2. The average molecular weight is 501 g/mol. The number of likely N-dealkylation sites (tertiary alicyclic amines) is 1. The smallest absolute Gasteiger partial charge is 0.268 e. The SMILES string of the molecule is N#C[C@@H]1CC(F)(F)CN1C(=O)CNC(=O)c1ccnc2c(NC(=O)CCC(=O)NCCN)cccc12. The molecular weight excluding hydrogens is 476 g/mol. The molecule has 1 saturated heterocycles. The van der Waals surface area contributed by atoms with E-state index >= 15 is 0 Å². The molecule has 4 amide bonds. The van der Waals surface area contributed by atoms with Crippen molar-refractivity contribution in [2.24, 2.45) is 5.73 Å². The Bertz CT molecular complexity index is 1210. The van der Waals surface area contributed by atoms with Crippen molar-refractivity contribution >= 4 is 40.2 Å². The molecule has 5 N–H and O–H groups in total. The van der Waals surface area contributed by atoms with Crippen molar-refractivity contribution in [3.63, 3.8) is 0 Å². The first-order valence-corrected chi connectivity index (χ1v) is 11.1. The van der Waals surface area contributed by atoms with Gasteiger partial charge >= 0.3 is 0 Å². The van der Waals surface area contributed by atoms with Crippen LogP contribution in [0.4, 0.5) is 14.5 Å². The molecule has 1 aromatic carbocycles. The van der Waals surface area contributed by atoms with Crippen LogP contribution in [-0.4, -0.2) is 71.7 Å². The number of hydrogen-bond donors (Lipinski definition) is 4. The van der Waals surface area contributed by atoms with Crippen LogP contribution >= 0.6 is 0 Å². The van der Waals surface area contributed by atoms with Gasteiger partial charge in [-0.2, -0.15) is 5.26 Å². The lowest BCUT2D eigenvalue weighted by Gasteiger charge is -2.19. The lowest BCUT2D eigenvalue weighted by molar-refractivity contribution is -0.131. The van der Waals surface area contributed by atoms with Crippen LogP contribution in [0.5, 0.6) is 0 Å². The molecule has 0 radical (unpaired) electrons. The summed E-state index contributed by atoms with van der Waals surface area (Å²) in [5.41, 5.74) is 6.09. The number of benzene rings is 1. The lowest BCUT2D eigenvalue weighted by Crippen LogP contribution is -2.43. The first kappa shape index (κ1) is 26.4. The van der Waals surface area contributed by atoms with E-state index in [1.165, 1.54) is 12.3 Å². The Labute approximate surface area is 205 Å². The highest BCUT2D eigenvalue weighted by molar-refractivity contribution is 6.10. The molecule has 0 unspecified atom stereocenters. The first-order valence-electron chi connectivity index (χ1n) is 11.1. The molecule has 1 fully saturated rings. The van der Waals surface area contributed by atoms with Crippen LogP contribution < -0.4 is 21.7 Å². The van der Waals surface area contributed by atoms with Gasteiger partial charge in [0.2, 0.25) is 17.7 Å². The van der Waals surface area contributed by atoms with E-state index in [4.69, 9.17) is 11.0 Å². The van der Waals surface area contributed by atoms with Gasteiger partial charge in [0.1, 0.15) is 6.04 Å². The van der Waals surface area contributed by atoms with E-state index in [2.05, 4.69) is 20.9 Å². The maximum Gasteiger partial charge on any atom is 0.268 e. The summed E-state index contributed by atoms with van der Waals surface area (Å²) >= 11 is 0. The second-order valence-corrected chi connectivity index (χ2v) is 8.16. The molecule has 1 aliphatic rings. The molecule has 36 heavy (non-hydrogen) atoms. The third kappa shape index (κ3) is 6.48. The van der Waals surface area contributed by atoms with Crippen molar-refractivity contribution < 1.29 is 28.0 Å². The van der Waals surface area contributed by atoms with Crippen molar-refractivity contribution in [2.45, 2.75) is 31.2 Å². The minimum absolute atomic E-state index is 0.0265. The molecule has 0 bridgehead atoms. The monoisotopic (exact) mass is 501 g/mol. The van der Waals surface area contributed by atoms with Crippen molar-refractivity contribution in [1.82, 2.24) is 20.5 Å². The number of alkyl halides is 2. The standard InChI is InChI=1S/C23H25F2N7O4/c24-23(25)10-14(11-27)32(13-23)20(35)12-30-22(36)16-6-8-29-21-15(16)2-1-3-17(21)31-19(34)5-4-18(33)28-9-7-26/h1-3,6,8,14H,4-5,7,9-10,12-13,26H2,(H,28,33)(H,30,36)(H,31,34)/t14-/m0/s1. The molecule has 0 saturated carbocycles. The Morgan fingerprint density at radius 1 is 1.17 bits per heavy atom. The maximum absolute atomic E-state index is 13.6. The number of fused-ring (bicyclic) bond motifs is 1. The Morgan fingerprint density at radius 3 is 2.64 bits per heavy atom. The van der Waals surface area contributed by atoms with Gasteiger partial charge in [-0.05, 0) is 12.1 Å². The Hall–Kier alpha value is -4.18. The van der Waals surface area contributed by atoms with Crippen LogP contribution in [0, 0.1) is 11.3 Å². The van der Waals surface area contributed by atoms with Gasteiger partial charge in [-0.25, -0.2) is 8.78 Å². The molecule has 190 valence electrons. The highest BCUT2D eigenvalue weighted by Gasteiger charge is 2.47. The van der Waals surface area contributed by atoms with E-state index in [-0.39, 0.29) is 30.9 Å². The largest absolute Gasteiger partial charge is 0.355 e. The number of aromatic nitrogens is 1. The van der Waals surface area contributed by atoms with Crippen molar-refractivity contribution in [3.05, 3.63) is 36.0 Å². The van der Waals surface area contributed by atoms with Crippen LogP contribution in [0.25, 0.3) is 10.9 Å². The predicted octanol–water partition coefficient (Wildman–Crippen LogP) is 0.518. The van der Waals surface area contributed by atoms with Gasteiger partial charge < -0.3 is 26.6 Å². The second kappa shape index (κ2) is 11.5. The molecule has 1 atom stereocenters. The number of nitriles is 1. The van der Waals surface area contributed by atoms with E-state index in [9.17, 15) is 28.0 Å². The lowest BCUT2D eigenvalue weighted by atomic mass is 10.1. The number of amides is 4. The van der Waals surface area contributed by atoms with Gasteiger partial charge in [0.15, 0.2) is 0 Å². The molecule has 1 aliphatic heterocycles. The number of nitrogens with one attached hydrogen (secondary N) is 3. The molecule has 11 nitrogen and oxygen atoms in total. The zero-order valence-electron chi connectivity index (χ0n) is 19.2. The van der Waals surface area contributed by atoms with Crippen molar-refractivity contribution in [1.29, 1.82) is 5.26 Å². The summed E-state index contributed by atoms with van der Waals surface area (Å²) in [6.45, 7) is -0.846. The molecule has 2 heterocycles. The minimum Gasteiger partial charge on any atom is -0.355 e. The fraction of sp³-hybridized carbons (Fsp3) is 0.391. The number of nitrogens with two attached hydrogens (primary N) is 1. The van der Waals surface area contributed by atoms with Gasteiger partial charge in [0.05, 0.1) is 35.9 Å². The van der Waals surface area contributed by atoms with Gasteiger partial charge in [0.25, 0.3) is 11.8 Å². The zero-order chi connectivity index (χ0) is 26.3. The molecule has 2 aromatic rings. The summed E-state index contributed by atoms with van der Waals surface area (Å²) in [6, 6.07) is 6.62. The molecule has 3 rings (SSSR count). The van der Waals surface area contributed by atoms with Crippen LogP contribution in [0.1, 0.15) is 29.6 Å². The van der Waals surface area contributed by atoms with E-state index in [0.29, 0.717) is 23.1 Å². The van der Waals surface area contributed by atoms with Gasteiger partial charge in [-0.15, -0.1) is 0 Å². The molecule has 0 spiro atoms. The van der Waals surface area contributed by atoms with Crippen LogP contribution in [0.15, 0.2) is 30.5 Å². The van der Waals surface area contributed by atoms with E-state index in [0.717, 1.165) is 4.90 Å². The van der Waals surface area contributed by atoms with E-state index < -0.39 is 49.2 Å². The number of anilines is 1. The number of para-hydroxylation sites is 1. The summed E-state index contributed by atoms with van der Waals surface area (Å²) in [5, 5.41) is 17.1. The van der Waals surface area contributed by atoms with Gasteiger partial charge in [-0.1, -0.05) is 12.1 Å². The average Bonchev–Trinajstić information content (AvgIpc) is 3.19. The normalized spacial score (nSPS) is 16.3. The number of hydrogen-bond acceptors (Lipinski definition) is 7. The van der Waals surface area contributed by atoms with Crippen LogP contribution in [-0.2, 0) is 14.4 Å². The molecule has 1 aromatic heterocycles. The molecule has 0 aliphatic carbocycles. The third-order valence-corrected chi connectivity index (χ3v) is 5.47. The van der Waals surface area contributed by atoms with Crippen molar-refractivity contribution in [2.75, 3.05) is 31.5 Å². The number of pyridine rings is 1. The summed E-state index contributed by atoms with van der Waals surface area (Å²) in [6.07, 6.45) is 0.502. The van der Waals surface area contributed by atoms with E-state index in [1.807, 2.05) is 0 Å². The van der Waals surface area contributed by atoms with Crippen molar-refractivity contribution in [3.8, 4) is 6.07 Å². The van der Waals surface area contributed by atoms with E-state index in [1.54, 1.807) is 24.3 Å². The predicted molar refractivity (Wildman–Crippen MR) is 125 cm³/mol. The number of carbonyl (C=O) groups excluding carboxylic acids is 4. The third-order valence-electron chi connectivity index (χ3n) is 5.47. The summed E-state index contributed by atoms with van der Waals surface area (Å²) in [5.74, 6) is -5.35. The summed E-state index contributed by atoms with van der Waals surface area (Å²) in [7, 11) is 0. The maximum atomic E-state index is 13.6. The highest BCUT2D eigenvalue weighted by Crippen LogP contribution is 2.31. The summed E-state index contributed by atoms with van der Waals surface area (Å²) in [4.78, 5) is 54.1. The van der Waals surface area contributed by atoms with Gasteiger partial charge in [0, 0.05) is 43.9 Å². The fourth-order valence-corrected chi connectivity index (χ4v) is 3.76. The van der Waals surface area contributed by atoms with Gasteiger partial charge in [-0.3, -0.25) is 24.2 Å². The van der Waals surface area contributed by atoms with Crippen LogP contribution in [0.2, 0.25) is 0 Å². The number of rotatable bonds is 9. The number of nitrogens with zero attached hydrogens (tertiary/aromatic N) is 3. The highest BCUT2D eigenvalue weighted by atomic mass is 19.3. The Kier molecular flexibility index (Phi) is 8.44. The van der Waals surface area contributed by atoms with Crippen LogP contribution in [0.3, 0.4) is 0 Å². The number of carbonyl (C=O) groups is 4. The first-order chi connectivity index (χ1) is 17.1. The molecule has 13 heteroatoms. The summed E-state index contributed by atoms with van der Waals surface area (Å²) < 4.78 is 27.2. The minimum atomic E-state index is -3.16. The second-order valence-electron chi connectivity index (χ2n) is 8.16.